The molecule has 0 bridgehead atoms. The van der Waals surface area contributed by atoms with Crippen molar-refractivity contribution in [2.24, 2.45) is 0 Å². The van der Waals surface area contributed by atoms with Crippen LogP contribution in [0.2, 0.25) is 0 Å². The van der Waals surface area contributed by atoms with Gasteiger partial charge in [0.05, 0.1) is 30.4 Å². The largest absolute Gasteiger partial charge is 0.467 e. The van der Waals surface area contributed by atoms with Crippen LogP contribution in [-0.2, 0) is 0 Å². The SMILES string of the molecule is O=C(Nc1cnc(C2CC2)nc1)N1CCCCCC1c1ccco1. The molecule has 6 nitrogen and oxygen atoms in total. The molecule has 0 radical (unpaired) electrons. The molecular weight excluding hydrogens is 304 g/mol. The fourth-order valence-corrected chi connectivity index (χ4v) is 3.28. The standard InChI is InChI=1S/C18H22N4O2/c23-18(21-14-11-19-17(20-12-14)13-7-8-13)22-9-3-1-2-5-15(22)16-6-4-10-24-16/h4,6,10-13,15H,1-3,5,7-9H2,(H,21,23). The third kappa shape index (κ3) is 3.27. The number of hydrogen-bond acceptors (Lipinski definition) is 4. The van der Waals surface area contributed by atoms with E-state index in [2.05, 4.69) is 15.3 Å². The van der Waals surface area contributed by atoms with Crippen molar-refractivity contribution in [3.05, 3.63) is 42.4 Å². The van der Waals surface area contributed by atoms with Crippen molar-refractivity contribution in [2.75, 3.05) is 11.9 Å². The predicted octanol–water partition coefficient (Wildman–Crippen LogP) is 4.10. The zero-order valence-electron chi connectivity index (χ0n) is 13.6. The molecule has 0 spiro atoms. The molecular formula is C18H22N4O2. The molecule has 2 aromatic heterocycles. The van der Waals surface area contributed by atoms with Crippen LogP contribution in [0.25, 0.3) is 0 Å². The summed E-state index contributed by atoms with van der Waals surface area (Å²) in [5.74, 6) is 2.26. The Morgan fingerprint density at radius 2 is 2.00 bits per heavy atom. The Balaban J connectivity index is 1.48. The van der Waals surface area contributed by atoms with Crippen LogP contribution in [0.3, 0.4) is 0 Å². The Kier molecular flexibility index (Phi) is 4.19. The zero-order valence-corrected chi connectivity index (χ0v) is 13.6. The Labute approximate surface area is 141 Å². The molecule has 2 fully saturated rings. The highest BCUT2D eigenvalue weighted by molar-refractivity contribution is 5.89. The summed E-state index contributed by atoms with van der Waals surface area (Å²) in [4.78, 5) is 23.4. The molecule has 1 atom stereocenters. The monoisotopic (exact) mass is 326 g/mol. The van der Waals surface area contributed by atoms with Gasteiger partial charge in [-0.15, -0.1) is 0 Å². The van der Waals surface area contributed by atoms with Gasteiger partial charge in [0, 0.05) is 12.5 Å². The van der Waals surface area contributed by atoms with E-state index < -0.39 is 0 Å². The van der Waals surface area contributed by atoms with Gasteiger partial charge >= 0.3 is 6.03 Å². The number of rotatable bonds is 3. The Morgan fingerprint density at radius 1 is 1.17 bits per heavy atom. The van der Waals surface area contributed by atoms with Crippen LogP contribution in [0.1, 0.15) is 62.1 Å². The minimum Gasteiger partial charge on any atom is -0.467 e. The fraction of sp³-hybridized carbons (Fsp3) is 0.500. The molecule has 24 heavy (non-hydrogen) atoms. The number of urea groups is 1. The van der Waals surface area contributed by atoms with Crippen LogP contribution in [-0.4, -0.2) is 27.4 Å². The molecule has 2 aromatic rings. The van der Waals surface area contributed by atoms with Crippen LogP contribution in [0, 0.1) is 0 Å². The molecule has 0 aromatic carbocycles. The van der Waals surface area contributed by atoms with Gasteiger partial charge in [-0.3, -0.25) is 0 Å². The van der Waals surface area contributed by atoms with Gasteiger partial charge in [0.15, 0.2) is 0 Å². The highest BCUT2D eigenvalue weighted by Crippen LogP contribution is 2.37. The maximum absolute atomic E-state index is 12.8. The third-order valence-corrected chi connectivity index (χ3v) is 4.75. The molecule has 4 rings (SSSR count). The van der Waals surface area contributed by atoms with E-state index >= 15 is 0 Å². The van der Waals surface area contributed by atoms with E-state index in [4.69, 9.17) is 4.42 Å². The van der Waals surface area contributed by atoms with E-state index in [0.29, 0.717) is 11.6 Å². The third-order valence-electron chi connectivity index (χ3n) is 4.75. The first-order valence-electron chi connectivity index (χ1n) is 8.74. The highest BCUT2D eigenvalue weighted by atomic mass is 16.3. The summed E-state index contributed by atoms with van der Waals surface area (Å²) in [5, 5.41) is 2.94. The average Bonchev–Trinajstić information content (AvgIpc) is 3.36. The number of aromatic nitrogens is 2. The molecule has 1 aliphatic heterocycles. The predicted molar refractivity (Wildman–Crippen MR) is 89.6 cm³/mol. The summed E-state index contributed by atoms with van der Waals surface area (Å²) >= 11 is 0. The summed E-state index contributed by atoms with van der Waals surface area (Å²) < 4.78 is 5.56. The van der Waals surface area contributed by atoms with E-state index in [0.717, 1.165) is 43.8 Å². The molecule has 3 heterocycles. The lowest BCUT2D eigenvalue weighted by Gasteiger charge is -2.28. The van der Waals surface area contributed by atoms with Crippen LogP contribution in [0.15, 0.2) is 35.2 Å². The number of nitrogens with one attached hydrogen (secondary N) is 1. The first-order chi connectivity index (χ1) is 11.8. The second-order valence-electron chi connectivity index (χ2n) is 6.61. The van der Waals surface area contributed by atoms with Crippen molar-refractivity contribution in [3.8, 4) is 0 Å². The Morgan fingerprint density at radius 3 is 2.71 bits per heavy atom. The van der Waals surface area contributed by atoms with Crippen molar-refractivity contribution < 1.29 is 9.21 Å². The van der Waals surface area contributed by atoms with Crippen molar-refractivity contribution in [3.63, 3.8) is 0 Å². The van der Waals surface area contributed by atoms with E-state index in [1.807, 2.05) is 17.0 Å². The lowest BCUT2D eigenvalue weighted by molar-refractivity contribution is 0.179. The number of likely N-dealkylation sites (tertiary alicyclic amines) is 1. The van der Waals surface area contributed by atoms with Crippen molar-refractivity contribution >= 4 is 11.7 Å². The van der Waals surface area contributed by atoms with Gasteiger partial charge in [0.2, 0.25) is 0 Å². The second kappa shape index (κ2) is 6.63. The van der Waals surface area contributed by atoms with Crippen LogP contribution < -0.4 is 5.32 Å². The van der Waals surface area contributed by atoms with Crippen molar-refractivity contribution in [1.29, 1.82) is 0 Å². The smallest absolute Gasteiger partial charge is 0.322 e. The van der Waals surface area contributed by atoms with Gasteiger partial charge in [0.25, 0.3) is 0 Å². The summed E-state index contributed by atoms with van der Waals surface area (Å²) in [5.41, 5.74) is 0.645. The van der Waals surface area contributed by atoms with Gasteiger partial charge in [0.1, 0.15) is 11.6 Å². The number of amides is 2. The van der Waals surface area contributed by atoms with Crippen LogP contribution in [0.4, 0.5) is 10.5 Å². The zero-order chi connectivity index (χ0) is 16.4. The lowest BCUT2D eigenvalue weighted by Crippen LogP contribution is -2.38. The van der Waals surface area contributed by atoms with E-state index in [9.17, 15) is 4.79 Å². The number of anilines is 1. The molecule has 2 amide bonds. The minimum atomic E-state index is -0.110. The van der Waals surface area contributed by atoms with E-state index in [1.54, 1.807) is 18.7 Å². The lowest BCUT2D eigenvalue weighted by atomic mass is 10.1. The molecule has 1 aliphatic carbocycles. The summed E-state index contributed by atoms with van der Waals surface area (Å²) in [7, 11) is 0. The summed E-state index contributed by atoms with van der Waals surface area (Å²) in [6.07, 6.45) is 11.6. The van der Waals surface area contributed by atoms with Crippen molar-refractivity contribution in [1.82, 2.24) is 14.9 Å². The second-order valence-corrected chi connectivity index (χ2v) is 6.61. The molecule has 1 saturated heterocycles. The molecule has 1 N–H and O–H groups in total. The number of carbonyl (C=O) groups is 1. The quantitative estimate of drug-likeness (QED) is 0.922. The normalized spacial score (nSPS) is 21.3. The van der Waals surface area contributed by atoms with Gasteiger partial charge in [-0.2, -0.15) is 0 Å². The number of nitrogens with zero attached hydrogens (tertiary/aromatic N) is 3. The van der Waals surface area contributed by atoms with Gasteiger partial charge in [-0.1, -0.05) is 12.8 Å². The maximum atomic E-state index is 12.8. The molecule has 2 aliphatic rings. The van der Waals surface area contributed by atoms with E-state index in [-0.39, 0.29) is 12.1 Å². The fourth-order valence-electron chi connectivity index (χ4n) is 3.28. The Bertz CT molecular complexity index is 680. The summed E-state index contributed by atoms with van der Waals surface area (Å²) in [6.45, 7) is 0.734. The molecule has 1 saturated carbocycles. The first-order valence-corrected chi connectivity index (χ1v) is 8.74. The number of furan rings is 1. The van der Waals surface area contributed by atoms with Gasteiger partial charge in [-0.05, 0) is 37.8 Å². The van der Waals surface area contributed by atoms with Crippen molar-refractivity contribution in [2.45, 2.75) is 50.5 Å². The number of carbonyl (C=O) groups excluding carboxylic acids is 1. The maximum Gasteiger partial charge on any atom is 0.322 e. The minimum absolute atomic E-state index is 0.00541. The topological polar surface area (TPSA) is 71.3 Å². The first kappa shape index (κ1) is 15.2. The van der Waals surface area contributed by atoms with Crippen LogP contribution in [0.5, 0.6) is 0 Å². The molecule has 126 valence electrons. The average molecular weight is 326 g/mol. The highest BCUT2D eigenvalue weighted by Gasteiger charge is 2.29. The van der Waals surface area contributed by atoms with Gasteiger partial charge in [-0.25, -0.2) is 14.8 Å². The number of hydrogen-bond donors (Lipinski definition) is 1. The van der Waals surface area contributed by atoms with Gasteiger partial charge < -0.3 is 14.6 Å². The Hall–Kier alpha value is -2.37. The molecule has 6 heteroatoms. The summed E-state index contributed by atoms with van der Waals surface area (Å²) in [6, 6.07) is 3.71. The van der Waals surface area contributed by atoms with Crippen LogP contribution >= 0.6 is 0 Å². The van der Waals surface area contributed by atoms with E-state index in [1.165, 1.54) is 12.8 Å². The molecule has 1 unspecified atom stereocenters.